The molecule has 0 aromatic rings. The largest absolute Gasteiger partial charge is 4.00 e. The summed E-state index contributed by atoms with van der Waals surface area (Å²) in [6, 6.07) is 0. The van der Waals surface area contributed by atoms with Gasteiger partial charge in [0.1, 0.15) is 0 Å². The van der Waals surface area contributed by atoms with Gasteiger partial charge in [0, 0.05) is 0 Å². The molecule has 2 aliphatic rings. The first-order valence-electron chi connectivity index (χ1n) is 7.86. The molecule has 0 saturated heterocycles. The molecular formula is C20H44Hf. The van der Waals surface area contributed by atoms with E-state index in [4.69, 9.17) is 0 Å². The van der Waals surface area contributed by atoms with Crippen molar-refractivity contribution in [2.45, 2.75) is 90.9 Å². The Morgan fingerprint density at radius 2 is 0.810 bits per heavy atom. The van der Waals surface area contributed by atoms with Crippen LogP contribution in [0, 0.1) is 41.5 Å². The van der Waals surface area contributed by atoms with Crippen LogP contribution in [-0.4, -0.2) is 0 Å². The molecule has 0 atom stereocenters. The van der Waals surface area contributed by atoms with E-state index >= 15 is 0 Å². The Bertz CT molecular complexity index is 126. The summed E-state index contributed by atoms with van der Waals surface area (Å²) >= 11 is 0. The molecule has 2 rings (SSSR count). The van der Waals surface area contributed by atoms with Crippen LogP contribution < -0.4 is 0 Å². The molecule has 1 heteroatoms. The van der Waals surface area contributed by atoms with E-state index in [0.29, 0.717) is 0 Å². The van der Waals surface area contributed by atoms with Crippen LogP contribution in [0.4, 0.5) is 0 Å². The third kappa shape index (κ3) is 17.1. The van der Waals surface area contributed by atoms with Crippen molar-refractivity contribution in [2.75, 3.05) is 0 Å². The van der Waals surface area contributed by atoms with E-state index < -0.39 is 0 Å². The fourth-order valence-corrected chi connectivity index (χ4v) is 3.41. The van der Waals surface area contributed by atoms with Crippen molar-refractivity contribution in [3.05, 3.63) is 29.7 Å². The van der Waals surface area contributed by atoms with Gasteiger partial charge in [-0.2, -0.15) is 0 Å². The summed E-state index contributed by atoms with van der Waals surface area (Å²) in [5, 5.41) is 0. The molecule has 0 aliphatic heterocycles. The maximum Gasteiger partial charge on any atom is 4.00 e. The number of rotatable bonds is 4. The summed E-state index contributed by atoms with van der Waals surface area (Å²) < 4.78 is 0. The Balaban J connectivity index is -0.0000000656. The van der Waals surface area contributed by atoms with Crippen LogP contribution in [-0.2, 0) is 25.8 Å². The molecule has 0 radical (unpaired) electrons. The average Bonchev–Trinajstić information content (AvgIpc) is 2.92. The van der Waals surface area contributed by atoms with E-state index in [-0.39, 0.29) is 55.5 Å². The van der Waals surface area contributed by atoms with E-state index in [9.17, 15) is 0 Å². The maximum absolute atomic E-state index is 2.29. The third-order valence-electron chi connectivity index (χ3n) is 4.34. The van der Waals surface area contributed by atoms with Gasteiger partial charge in [0.25, 0.3) is 0 Å². The van der Waals surface area contributed by atoms with E-state index in [2.05, 4.69) is 13.8 Å². The molecule has 2 saturated carbocycles. The van der Waals surface area contributed by atoms with Crippen molar-refractivity contribution in [3.8, 4) is 0 Å². The topological polar surface area (TPSA) is 0 Å². The summed E-state index contributed by atoms with van der Waals surface area (Å²) in [5.74, 6) is 2.22. The molecule has 0 heterocycles. The monoisotopic (exact) mass is 464 g/mol. The first kappa shape index (κ1) is 33.5. The first-order chi connectivity index (χ1) is 7.86. The second-order valence-electron chi connectivity index (χ2n) is 5.88. The molecule has 0 aromatic carbocycles. The zero-order valence-corrected chi connectivity index (χ0v) is 19.7. The average molecular weight is 463 g/mol. The SMILES string of the molecule is CCCC1CCCC1.CCCC1CCCC1.[CH3-].[CH3-].[CH3-].[CH3-].[Hf+4]. The molecule has 0 N–H and O–H groups in total. The normalized spacial score (nSPS) is 16.9. The Kier molecular flexibility index (Phi) is 36.9. The van der Waals surface area contributed by atoms with Gasteiger partial charge in [0.15, 0.2) is 0 Å². The molecule has 21 heavy (non-hydrogen) atoms. The quantitative estimate of drug-likeness (QED) is 0.296. The summed E-state index contributed by atoms with van der Waals surface area (Å²) in [5.41, 5.74) is 0. The second-order valence-corrected chi connectivity index (χ2v) is 5.88. The minimum absolute atomic E-state index is 0. The van der Waals surface area contributed by atoms with Gasteiger partial charge in [-0.3, -0.25) is 0 Å². The van der Waals surface area contributed by atoms with Crippen LogP contribution in [0.1, 0.15) is 90.9 Å². The van der Waals surface area contributed by atoms with Crippen molar-refractivity contribution >= 4 is 0 Å². The zero-order chi connectivity index (χ0) is 11.6. The Hall–Kier alpha value is 0.870. The van der Waals surface area contributed by atoms with Crippen LogP contribution in [0.15, 0.2) is 0 Å². The molecule has 0 spiro atoms. The van der Waals surface area contributed by atoms with Gasteiger partial charge in [-0.25, -0.2) is 0 Å². The minimum atomic E-state index is 0. The Morgan fingerprint density at radius 3 is 1.00 bits per heavy atom. The predicted molar refractivity (Wildman–Crippen MR) is 99.4 cm³/mol. The van der Waals surface area contributed by atoms with E-state index in [1.807, 2.05) is 0 Å². The van der Waals surface area contributed by atoms with Crippen molar-refractivity contribution < 1.29 is 25.8 Å². The van der Waals surface area contributed by atoms with Crippen LogP contribution in [0.3, 0.4) is 0 Å². The van der Waals surface area contributed by atoms with Gasteiger partial charge in [-0.1, -0.05) is 90.9 Å². The van der Waals surface area contributed by atoms with E-state index in [1.165, 1.54) is 77.0 Å². The molecule has 0 amide bonds. The molecule has 0 aromatic heterocycles. The molecule has 2 fully saturated rings. The standard InChI is InChI=1S/2C8H16.4CH3.Hf/c2*1-2-5-8-6-3-4-7-8;;;;;/h2*8H,2-7H2,1H3;4*1H3;/q;;4*-1;+4. The van der Waals surface area contributed by atoms with Gasteiger partial charge in [0.05, 0.1) is 0 Å². The minimum Gasteiger partial charge on any atom is -0.358 e. The van der Waals surface area contributed by atoms with Crippen molar-refractivity contribution in [1.82, 2.24) is 0 Å². The van der Waals surface area contributed by atoms with E-state index in [0.717, 1.165) is 11.8 Å². The molecule has 0 bridgehead atoms. The van der Waals surface area contributed by atoms with Gasteiger partial charge in [0.2, 0.25) is 0 Å². The van der Waals surface area contributed by atoms with Crippen molar-refractivity contribution in [3.63, 3.8) is 0 Å². The molecular weight excluding hydrogens is 419 g/mol. The maximum atomic E-state index is 2.29. The Morgan fingerprint density at radius 1 is 0.571 bits per heavy atom. The van der Waals surface area contributed by atoms with Crippen LogP contribution in [0.5, 0.6) is 0 Å². The summed E-state index contributed by atoms with van der Waals surface area (Å²) in [6.45, 7) is 4.58. The first-order valence-corrected chi connectivity index (χ1v) is 7.86. The van der Waals surface area contributed by atoms with Crippen LogP contribution in [0.25, 0.3) is 0 Å². The second kappa shape index (κ2) is 23.1. The summed E-state index contributed by atoms with van der Waals surface area (Å²) in [4.78, 5) is 0. The molecule has 0 unspecified atom stereocenters. The van der Waals surface area contributed by atoms with Gasteiger partial charge >= 0.3 is 25.8 Å². The third-order valence-corrected chi connectivity index (χ3v) is 4.34. The van der Waals surface area contributed by atoms with Crippen LogP contribution >= 0.6 is 0 Å². The molecule has 128 valence electrons. The van der Waals surface area contributed by atoms with Gasteiger partial charge < -0.3 is 29.7 Å². The molecule has 2 aliphatic carbocycles. The predicted octanol–water partition coefficient (Wildman–Crippen LogP) is 7.75. The fraction of sp³-hybridized carbons (Fsp3) is 0.800. The van der Waals surface area contributed by atoms with Crippen LogP contribution in [0.2, 0.25) is 0 Å². The van der Waals surface area contributed by atoms with E-state index in [1.54, 1.807) is 0 Å². The van der Waals surface area contributed by atoms with Gasteiger partial charge in [-0.15, -0.1) is 0 Å². The summed E-state index contributed by atoms with van der Waals surface area (Å²) in [6.07, 6.45) is 17.9. The smallest absolute Gasteiger partial charge is 0.358 e. The van der Waals surface area contributed by atoms with Crippen molar-refractivity contribution in [2.24, 2.45) is 11.8 Å². The van der Waals surface area contributed by atoms with Gasteiger partial charge in [-0.05, 0) is 11.8 Å². The number of hydrogen-bond acceptors (Lipinski definition) is 0. The van der Waals surface area contributed by atoms with Crippen molar-refractivity contribution in [1.29, 1.82) is 0 Å². The number of hydrogen-bond donors (Lipinski definition) is 0. The molecule has 0 nitrogen and oxygen atoms in total. The fourth-order valence-electron chi connectivity index (χ4n) is 3.41. The zero-order valence-electron chi connectivity index (χ0n) is 16.1. The summed E-state index contributed by atoms with van der Waals surface area (Å²) in [7, 11) is 0. The Labute approximate surface area is 158 Å².